The molecule has 0 spiro atoms. The number of halogens is 2. The normalized spacial score (nSPS) is 14.6. The predicted molar refractivity (Wildman–Crippen MR) is 117 cm³/mol. The molecular formula is C21H26ClFN6O2. The lowest BCUT2D eigenvalue weighted by Gasteiger charge is -2.31. The summed E-state index contributed by atoms with van der Waals surface area (Å²) in [5, 5.41) is 7.93. The van der Waals surface area contributed by atoms with Gasteiger partial charge in [0, 0.05) is 31.0 Å². The first-order valence-electron chi connectivity index (χ1n) is 10.4. The second-order valence-electron chi connectivity index (χ2n) is 7.72. The Hall–Kier alpha value is -2.81. The van der Waals surface area contributed by atoms with Crippen LogP contribution in [0.1, 0.15) is 56.3 Å². The zero-order valence-corrected chi connectivity index (χ0v) is 18.2. The number of carbonyl (C=O) groups is 1. The number of carbonyl (C=O) groups excluding carboxylic acids is 1. The molecule has 8 nitrogen and oxygen atoms in total. The van der Waals surface area contributed by atoms with Crippen LogP contribution in [-0.2, 0) is 11.3 Å². The maximum absolute atomic E-state index is 14.0. The van der Waals surface area contributed by atoms with Gasteiger partial charge in [-0.25, -0.2) is 14.1 Å². The van der Waals surface area contributed by atoms with Gasteiger partial charge in [0.25, 0.3) is 5.56 Å². The number of H-pyrrole nitrogens is 1. The molecule has 0 unspecified atom stereocenters. The number of aromatic nitrogens is 5. The van der Waals surface area contributed by atoms with Gasteiger partial charge < -0.3 is 9.88 Å². The number of piperidine rings is 1. The molecule has 31 heavy (non-hydrogen) atoms. The van der Waals surface area contributed by atoms with Crippen molar-refractivity contribution in [3.63, 3.8) is 0 Å². The van der Waals surface area contributed by atoms with Gasteiger partial charge in [-0.15, -0.1) is 17.5 Å². The number of amides is 1. The van der Waals surface area contributed by atoms with Crippen LogP contribution in [0, 0.1) is 5.82 Å². The van der Waals surface area contributed by atoms with Gasteiger partial charge in [0.05, 0.1) is 6.54 Å². The first kappa shape index (κ1) is 22.9. The lowest BCUT2D eigenvalue weighted by Crippen LogP contribution is -2.38. The molecule has 1 aliphatic rings. The summed E-state index contributed by atoms with van der Waals surface area (Å²) < 4.78 is 15.5. The number of benzene rings is 1. The molecule has 0 aliphatic carbocycles. The second-order valence-corrected chi connectivity index (χ2v) is 7.72. The Kier molecular flexibility index (Phi) is 7.37. The molecular weight excluding hydrogens is 423 g/mol. The highest BCUT2D eigenvalue weighted by molar-refractivity contribution is 5.85. The van der Waals surface area contributed by atoms with Gasteiger partial charge in [-0.3, -0.25) is 9.59 Å². The van der Waals surface area contributed by atoms with Crippen molar-refractivity contribution in [1.29, 1.82) is 0 Å². The molecule has 1 aliphatic heterocycles. The molecule has 3 aromatic rings. The molecule has 1 saturated heterocycles. The van der Waals surface area contributed by atoms with Gasteiger partial charge >= 0.3 is 0 Å². The first-order chi connectivity index (χ1) is 14.6. The van der Waals surface area contributed by atoms with Crippen molar-refractivity contribution < 1.29 is 9.18 Å². The summed E-state index contributed by atoms with van der Waals surface area (Å²) in [4.78, 5) is 34.1. The molecule has 2 aromatic heterocycles. The third kappa shape index (κ3) is 4.92. The van der Waals surface area contributed by atoms with Crippen LogP contribution < -0.4 is 5.56 Å². The van der Waals surface area contributed by atoms with Gasteiger partial charge in [0.2, 0.25) is 5.91 Å². The fourth-order valence-corrected chi connectivity index (χ4v) is 3.86. The Morgan fingerprint density at radius 1 is 1.26 bits per heavy atom. The van der Waals surface area contributed by atoms with Crippen molar-refractivity contribution in [2.75, 3.05) is 13.1 Å². The minimum atomic E-state index is -0.351. The molecule has 1 N–H and O–H groups in total. The minimum Gasteiger partial charge on any atom is -0.343 e. The van der Waals surface area contributed by atoms with Crippen LogP contribution in [0.3, 0.4) is 0 Å². The van der Waals surface area contributed by atoms with Crippen molar-refractivity contribution in [2.45, 2.75) is 51.5 Å². The number of hydrogen-bond acceptors (Lipinski definition) is 5. The van der Waals surface area contributed by atoms with Crippen LogP contribution in [0.5, 0.6) is 0 Å². The standard InChI is InChI=1S/C21H25FN6O2.ClH/c1-2-3-8-17(29)27-11-9-14(10-12-27)19-23-20-18(21(30)24-19)25-26-28(20)13-15-6-4-5-7-16(15)22;/h4-7,14H,2-3,8-13H2,1H3,(H,23,24,30);1H. The highest BCUT2D eigenvalue weighted by Crippen LogP contribution is 2.26. The Morgan fingerprint density at radius 2 is 2.00 bits per heavy atom. The zero-order valence-electron chi connectivity index (χ0n) is 17.4. The fraction of sp³-hybridized carbons (Fsp3) is 0.476. The van der Waals surface area contributed by atoms with E-state index in [9.17, 15) is 14.0 Å². The van der Waals surface area contributed by atoms with E-state index in [1.54, 1.807) is 18.2 Å². The number of fused-ring (bicyclic) bond motifs is 1. The van der Waals surface area contributed by atoms with Crippen LogP contribution in [0.25, 0.3) is 11.2 Å². The van der Waals surface area contributed by atoms with E-state index in [1.807, 2.05) is 4.90 Å². The molecule has 1 fully saturated rings. The second kappa shape index (κ2) is 10.00. The topological polar surface area (TPSA) is 96.8 Å². The van der Waals surface area contributed by atoms with Crippen molar-refractivity contribution in [2.24, 2.45) is 0 Å². The average Bonchev–Trinajstić information content (AvgIpc) is 3.17. The van der Waals surface area contributed by atoms with Crippen LogP contribution in [-0.4, -0.2) is 48.9 Å². The average molecular weight is 449 g/mol. The van der Waals surface area contributed by atoms with Gasteiger partial charge in [-0.05, 0) is 25.3 Å². The monoisotopic (exact) mass is 448 g/mol. The molecule has 4 rings (SSSR count). The van der Waals surface area contributed by atoms with Crippen LogP contribution >= 0.6 is 12.4 Å². The van der Waals surface area contributed by atoms with Crippen molar-refractivity contribution in [3.8, 4) is 0 Å². The molecule has 1 aromatic carbocycles. The summed E-state index contributed by atoms with van der Waals surface area (Å²) in [5.41, 5.74) is 0.587. The molecule has 166 valence electrons. The quantitative estimate of drug-likeness (QED) is 0.625. The van der Waals surface area contributed by atoms with E-state index in [0.717, 1.165) is 25.7 Å². The van der Waals surface area contributed by atoms with Gasteiger partial charge in [0.1, 0.15) is 11.6 Å². The zero-order chi connectivity index (χ0) is 21.1. The Bertz CT molecular complexity index is 1110. The summed E-state index contributed by atoms with van der Waals surface area (Å²) >= 11 is 0. The summed E-state index contributed by atoms with van der Waals surface area (Å²) in [7, 11) is 0. The highest BCUT2D eigenvalue weighted by atomic mass is 35.5. The smallest absolute Gasteiger partial charge is 0.281 e. The summed E-state index contributed by atoms with van der Waals surface area (Å²) in [5.74, 6) is 0.477. The van der Waals surface area contributed by atoms with Crippen molar-refractivity contribution in [3.05, 3.63) is 51.8 Å². The van der Waals surface area contributed by atoms with Crippen molar-refractivity contribution >= 4 is 29.5 Å². The van der Waals surface area contributed by atoms with E-state index >= 15 is 0 Å². The number of nitrogens with zero attached hydrogens (tertiary/aromatic N) is 5. The summed E-state index contributed by atoms with van der Waals surface area (Å²) in [6, 6.07) is 6.43. The molecule has 10 heteroatoms. The maximum Gasteiger partial charge on any atom is 0.281 e. The third-order valence-corrected chi connectivity index (χ3v) is 5.65. The van der Waals surface area contributed by atoms with Gasteiger partial charge in [0.15, 0.2) is 11.2 Å². The Morgan fingerprint density at radius 3 is 2.71 bits per heavy atom. The third-order valence-electron chi connectivity index (χ3n) is 5.65. The maximum atomic E-state index is 14.0. The molecule has 1 amide bonds. The van der Waals surface area contributed by atoms with E-state index in [4.69, 9.17) is 0 Å². The Balaban J connectivity index is 0.00000272. The number of likely N-dealkylation sites (tertiary alicyclic amines) is 1. The van der Waals surface area contributed by atoms with Crippen LogP contribution in [0.4, 0.5) is 4.39 Å². The fourth-order valence-electron chi connectivity index (χ4n) is 3.86. The van der Waals surface area contributed by atoms with Crippen molar-refractivity contribution in [1.82, 2.24) is 29.9 Å². The SMILES string of the molecule is CCCCC(=O)N1CCC(c2nc3c(nnn3Cc3ccccc3F)c(=O)[nH]2)CC1.Cl. The molecule has 3 heterocycles. The highest BCUT2D eigenvalue weighted by Gasteiger charge is 2.26. The number of rotatable bonds is 6. The minimum absolute atomic E-state index is 0. The molecule has 0 bridgehead atoms. The molecule has 0 saturated carbocycles. The lowest BCUT2D eigenvalue weighted by atomic mass is 9.95. The number of aromatic amines is 1. The van der Waals surface area contributed by atoms with E-state index in [-0.39, 0.29) is 47.7 Å². The lowest BCUT2D eigenvalue weighted by molar-refractivity contribution is -0.132. The molecule has 0 radical (unpaired) electrons. The predicted octanol–water partition coefficient (Wildman–Crippen LogP) is 3.02. The van der Waals surface area contributed by atoms with E-state index in [2.05, 4.69) is 27.2 Å². The van der Waals surface area contributed by atoms with E-state index in [0.29, 0.717) is 36.5 Å². The number of unbranched alkanes of at least 4 members (excludes halogenated alkanes) is 1. The first-order valence-corrected chi connectivity index (χ1v) is 10.4. The summed E-state index contributed by atoms with van der Waals surface area (Å²) in [6.07, 6.45) is 3.97. The summed E-state index contributed by atoms with van der Waals surface area (Å²) in [6.45, 7) is 3.52. The number of hydrogen-bond donors (Lipinski definition) is 1. The number of nitrogens with one attached hydrogen (secondary N) is 1. The van der Waals surface area contributed by atoms with Gasteiger partial charge in [-0.2, -0.15) is 0 Å². The molecule has 0 atom stereocenters. The Labute approximate surface area is 185 Å². The van der Waals surface area contributed by atoms with E-state index < -0.39 is 0 Å². The van der Waals surface area contributed by atoms with Gasteiger partial charge in [-0.1, -0.05) is 36.8 Å². The largest absolute Gasteiger partial charge is 0.343 e. The van der Waals surface area contributed by atoms with Crippen LogP contribution in [0.15, 0.2) is 29.1 Å². The van der Waals surface area contributed by atoms with Crippen LogP contribution in [0.2, 0.25) is 0 Å². The van der Waals surface area contributed by atoms with E-state index in [1.165, 1.54) is 10.7 Å².